The molecule has 0 spiro atoms. The fourth-order valence-electron chi connectivity index (χ4n) is 8.27. The number of carbonyl (C=O) groups is 6. The molecule has 0 radical (unpaired) electrons. The number of morpholine rings is 1. The molecule has 6 aromatic rings. The first-order valence-electron chi connectivity index (χ1n) is 24.9. The average molecular weight is 1070 g/mol. The quantitative estimate of drug-likeness (QED) is 0.0330. The van der Waals surface area contributed by atoms with Crippen molar-refractivity contribution in [3.63, 3.8) is 0 Å². The van der Waals surface area contributed by atoms with E-state index >= 15 is 0 Å². The molecule has 410 valence electrons. The minimum absolute atomic E-state index is 0.000373. The van der Waals surface area contributed by atoms with Gasteiger partial charge in [-0.2, -0.15) is 15.1 Å². The van der Waals surface area contributed by atoms with E-state index in [0.29, 0.717) is 95.7 Å². The Morgan fingerprint density at radius 1 is 0.846 bits per heavy atom. The fraction of sp³-hybridized carbons (Fsp3) is 0.353. The smallest absolute Gasteiger partial charge is 0.333 e. The number of nitrogens with two attached hydrogens (primary N) is 2. The van der Waals surface area contributed by atoms with E-state index in [0.717, 1.165) is 5.69 Å². The van der Waals surface area contributed by atoms with Crippen LogP contribution in [0.3, 0.4) is 0 Å². The number of fused-ring (bicyclic) bond motifs is 4. The number of ketones is 1. The van der Waals surface area contributed by atoms with Crippen LogP contribution in [0.4, 0.5) is 27.9 Å². The van der Waals surface area contributed by atoms with Gasteiger partial charge in [-0.25, -0.2) is 24.6 Å². The van der Waals surface area contributed by atoms with Gasteiger partial charge in [0.1, 0.15) is 17.5 Å². The number of nitrogen functional groups attached to an aromatic ring is 2. The predicted octanol–water partition coefficient (Wildman–Crippen LogP) is 1.52. The molecule has 2 aliphatic rings. The lowest BCUT2D eigenvalue weighted by Gasteiger charge is -2.27. The van der Waals surface area contributed by atoms with Crippen molar-refractivity contribution in [1.29, 1.82) is 0 Å². The van der Waals surface area contributed by atoms with Gasteiger partial charge < -0.3 is 66.4 Å². The van der Waals surface area contributed by atoms with Gasteiger partial charge in [-0.3, -0.25) is 29.7 Å². The Morgan fingerprint density at radius 3 is 2.24 bits per heavy atom. The number of hydrogen-bond donors (Lipinski definition) is 9. The molecule has 1 unspecified atom stereocenters. The number of nitrogens with one attached hydrogen (secondary N) is 6. The second kappa shape index (κ2) is 26.7. The molecule has 4 heterocycles. The van der Waals surface area contributed by atoms with Gasteiger partial charge >= 0.3 is 12.0 Å². The second-order valence-electron chi connectivity index (χ2n) is 17.7. The van der Waals surface area contributed by atoms with Crippen molar-refractivity contribution >= 4 is 69.8 Å². The summed E-state index contributed by atoms with van der Waals surface area (Å²) in [6.45, 7) is 4.25. The highest BCUT2D eigenvalue weighted by molar-refractivity contribution is 6.27. The van der Waals surface area contributed by atoms with Crippen molar-refractivity contribution in [2.45, 2.75) is 25.4 Å². The minimum atomic E-state index is -1.30. The van der Waals surface area contributed by atoms with Crippen LogP contribution in [0.2, 0.25) is 0 Å². The number of aromatic amines is 1. The van der Waals surface area contributed by atoms with E-state index in [9.17, 15) is 33.9 Å². The highest BCUT2D eigenvalue weighted by Gasteiger charge is 2.35. The maximum Gasteiger partial charge on any atom is 0.333 e. The molecule has 27 nitrogen and oxygen atoms in total. The molecule has 1 atom stereocenters. The Labute approximate surface area is 446 Å². The van der Waals surface area contributed by atoms with E-state index in [2.05, 4.69) is 56.8 Å². The van der Waals surface area contributed by atoms with Gasteiger partial charge in [0, 0.05) is 62.0 Å². The van der Waals surface area contributed by atoms with Crippen LogP contribution >= 0.6 is 0 Å². The molecule has 3 aromatic heterocycles. The maximum atomic E-state index is 13.8. The first kappa shape index (κ1) is 55.3. The number of urea groups is 1. The molecule has 3 aromatic carbocycles. The van der Waals surface area contributed by atoms with Gasteiger partial charge in [0.25, 0.3) is 11.8 Å². The number of amides is 5. The highest BCUT2D eigenvalue weighted by Crippen LogP contribution is 2.43. The van der Waals surface area contributed by atoms with Crippen molar-refractivity contribution < 1.29 is 57.6 Å². The van der Waals surface area contributed by atoms with Crippen LogP contribution in [-0.2, 0) is 39.9 Å². The summed E-state index contributed by atoms with van der Waals surface area (Å²) in [6, 6.07) is 16.9. The number of anilines is 4. The Kier molecular flexibility index (Phi) is 19.0. The number of carboxylic acids is 1. The molecule has 5 amide bonds. The van der Waals surface area contributed by atoms with Gasteiger partial charge in [0.2, 0.25) is 11.9 Å². The van der Waals surface area contributed by atoms with Crippen LogP contribution in [0.1, 0.15) is 44.8 Å². The van der Waals surface area contributed by atoms with Crippen LogP contribution in [0.5, 0.6) is 5.75 Å². The first-order chi connectivity index (χ1) is 37.8. The molecule has 1 aliphatic carbocycles. The molecular formula is C51H59N15O12. The largest absolute Gasteiger partial charge is 0.484 e. The number of carbonyl (C=O) groups excluding carboxylic acids is 5. The van der Waals surface area contributed by atoms with Crippen molar-refractivity contribution in [3.8, 4) is 28.3 Å². The number of rotatable bonds is 27. The number of aromatic nitrogens is 6. The van der Waals surface area contributed by atoms with Gasteiger partial charge in [-0.15, -0.1) is 0 Å². The van der Waals surface area contributed by atoms with E-state index in [-0.39, 0.29) is 100 Å². The first-order valence-corrected chi connectivity index (χ1v) is 24.9. The normalized spacial score (nSPS) is 13.3. The topological polar surface area (TPSA) is 368 Å². The summed E-state index contributed by atoms with van der Waals surface area (Å²) in [5.41, 5.74) is 20.0. The number of H-pyrrole nitrogens is 1. The number of benzene rings is 3. The third-order valence-corrected chi connectivity index (χ3v) is 12.2. The average Bonchev–Trinajstić information content (AvgIpc) is 4.04. The number of aliphatic carboxylic acids is 1. The standard InChI is InChI=1S/C51H59N15O12/c1-65(28-32-27-56-47-44(57-32)46(52)60-50(53)61-47)33-9-5-31(6-10-33)48(70)58-37(49(71)72)13-14-38(67)54-15-19-74-23-25-77-26-24-75-20-16-55-39(68)29-78-34-11-7-30(8-12-34)42-41-43(63-62-42)35-3-2-4-36(40(35)45(41)69)59-51(73)64-66-17-21-76-22-18-66/h2-12,27,37H,13-26,28-29H2,1H3,(H,54,67)(H,55,68)(H,58,70)(H,62,63)(H,71,72)(H2,59,64,73)(H4,52,53,56,60,61). The zero-order valence-corrected chi connectivity index (χ0v) is 42.5. The number of carboxylic acid groups (broad SMARTS) is 1. The van der Waals surface area contributed by atoms with Crippen molar-refractivity contribution in [2.24, 2.45) is 0 Å². The molecule has 1 saturated heterocycles. The van der Waals surface area contributed by atoms with Gasteiger partial charge in [0.15, 0.2) is 29.4 Å². The van der Waals surface area contributed by atoms with Crippen molar-refractivity contribution in [2.75, 3.05) is 114 Å². The Morgan fingerprint density at radius 2 is 1.54 bits per heavy atom. The third-order valence-electron chi connectivity index (χ3n) is 12.2. The molecule has 27 heteroatoms. The zero-order chi connectivity index (χ0) is 55.0. The SMILES string of the molecule is CN(Cc1cnc2nc(N)nc(N)c2n1)c1ccc(C(=O)NC(CCC(=O)NCCOCCOCCOCCNC(=O)COc2ccc(-c3n[nH]c4c3C(=O)c3c(NC(=O)NN5CCOCC5)cccc3-4)cc2)C(=O)O)cc1. The number of hydrogen-bond acceptors (Lipinski definition) is 20. The van der Waals surface area contributed by atoms with Gasteiger partial charge in [-0.1, -0.05) is 12.1 Å². The number of hydrazine groups is 1. The molecular weight excluding hydrogens is 1010 g/mol. The third kappa shape index (κ3) is 14.7. The monoisotopic (exact) mass is 1070 g/mol. The highest BCUT2D eigenvalue weighted by atomic mass is 16.5. The predicted molar refractivity (Wildman–Crippen MR) is 282 cm³/mol. The van der Waals surface area contributed by atoms with Crippen LogP contribution in [0.15, 0.2) is 72.9 Å². The summed E-state index contributed by atoms with van der Waals surface area (Å²) in [4.78, 5) is 94.9. The molecule has 78 heavy (non-hydrogen) atoms. The molecule has 1 aliphatic heterocycles. The summed E-state index contributed by atoms with van der Waals surface area (Å²) in [7, 11) is 1.82. The van der Waals surface area contributed by atoms with Gasteiger partial charge in [-0.05, 0) is 61.0 Å². The second-order valence-corrected chi connectivity index (χ2v) is 17.7. The summed E-state index contributed by atoms with van der Waals surface area (Å²) in [5, 5.41) is 29.6. The zero-order valence-electron chi connectivity index (χ0n) is 42.5. The summed E-state index contributed by atoms with van der Waals surface area (Å²) >= 11 is 0. The Bertz CT molecular complexity index is 3100. The van der Waals surface area contributed by atoms with E-state index in [1.807, 2.05) is 11.9 Å². The van der Waals surface area contributed by atoms with Crippen LogP contribution in [0.25, 0.3) is 33.7 Å². The minimum Gasteiger partial charge on any atom is -0.484 e. The Balaban J connectivity index is 0.630. The number of ether oxygens (including phenoxy) is 5. The van der Waals surface area contributed by atoms with Crippen molar-refractivity contribution in [3.05, 3.63) is 95.3 Å². The fourth-order valence-corrected chi connectivity index (χ4v) is 8.27. The maximum absolute atomic E-state index is 13.8. The van der Waals surface area contributed by atoms with E-state index < -0.39 is 29.9 Å². The van der Waals surface area contributed by atoms with Crippen LogP contribution in [-0.4, -0.2) is 174 Å². The lowest BCUT2D eigenvalue weighted by atomic mass is 10.0. The van der Waals surface area contributed by atoms with Crippen LogP contribution < -0.4 is 47.8 Å². The number of nitrogens with zero attached hydrogens (tertiary/aromatic N) is 7. The summed E-state index contributed by atoms with van der Waals surface area (Å²) in [6.07, 6.45) is 1.29. The van der Waals surface area contributed by atoms with E-state index in [4.69, 9.17) is 35.2 Å². The van der Waals surface area contributed by atoms with E-state index in [1.165, 1.54) is 0 Å². The lowest BCUT2D eigenvalue weighted by Crippen LogP contribution is -2.49. The molecule has 8 rings (SSSR count). The van der Waals surface area contributed by atoms with Crippen LogP contribution in [0, 0.1) is 0 Å². The summed E-state index contributed by atoms with van der Waals surface area (Å²) < 4.78 is 27.5. The van der Waals surface area contributed by atoms with Crippen molar-refractivity contribution in [1.82, 2.24) is 56.5 Å². The lowest BCUT2D eigenvalue weighted by molar-refractivity contribution is -0.139. The van der Waals surface area contributed by atoms with E-state index in [1.54, 1.807) is 77.9 Å². The summed E-state index contributed by atoms with van der Waals surface area (Å²) in [5.74, 6) is -2.34. The molecule has 0 saturated carbocycles. The molecule has 11 N–H and O–H groups in total. The Hall–Kier alpha value is -8.89. The van der Waals surface area contributed by atoms with Gasteiger partial charge in [0.05, 0.1) is 93.8 Å². The molecule has 0 bridgehead atoms. The molecule has 1 fully saturated rings.